The molecule has 2 N–H and O–H groups in total. The zero-order valence-corrected chi connectivity index (χ0v) is 11.8. The number of fused-ring (bicyclic) bond motifs is 1. The Bertz CT molecular complexity index is 565. The van der Waals surface area contributed by atoms with Crippen molar-refractivity contribution in [2.24, 2.45) is 16.9 Å². The zero-order valence-electron chi connectivity index (χ0n) is 11.0. The molecule has 2 aliphatic carbocycles. The van der Waals surface area contributed by atoms with E-state index in [0.29, 0.717) is 23.5 Å². The summed E-state index contributed by atoms with van der Waals surface area (Å²) in [6, 6.07) is 6.35. The van der Waals surface area contributed by atoms with Crippen LogP contribution in [0.1, 0.15) is 18.4 Å². The van der Waals surface area contributed by atoms with Gasteiger partial charge in [-0.3, -0.25) is 5.43 Å². The smallest absolute Gasteiger partial charge is 0.187 e. The van der Waals surface area contributed by atoms with Crippen LogP contribution in [0.3, 0.4) is 0 Å². The molecule has 20 heavy (non-hydrogen) atoms. The van der Waals surface area contributed by atoms with Gasteiger partial charge in [0, 0.05) is 18.2 Å². The summed E-state index contributed by atoms with van der Waals surface area (Å²) in [5.74, 6) is 1.05. The second-order valence-corrected chi connectivity index (χ2v) is 5.57. The molecule has 0 amide bonds. The van der Waals surface area contributed by atoms with Gasteiger partial charge in [0.05, 0.1) is 0 Å². The first-order valence-corrected chi connectivity index (χ1v) is 7.14. The summed E-state index contributed by atoms with van der Waals surface area (Å²) in [6.45, 7) is 0.560. The Morgan fingerprint density at radius 3 is 2.90 bits per heavy atom. The fourth-order valence-corrected chi connectivity index (χ4v) is 2.73. The van der Waals surface area contributed by atoms with Gasteiger partial charge in [-0.05, 0) is 48.7 Å². The van der Waals surface area contributed by atoms with Gasteiger partial charge in [-0.15, -0.1) is 0 Å². The van der Waals surface area contributed by atoms with Gasteiger partial charge in [0.1, 0.15) is 5.82 Å². The first-order valence-electron chi connectivity index (χ1n) is 6.74. The van der Waals surface area contributed by atoms with Gasteiger partial charge in [0.25, 0.3) is 0 Å². The highest BCUT2D eigenvalue weighted by molar-refractivity contribution is 7.80. The third-order valence-corrected chi connectivity index (χ3v) is 4.07. The number of nitrogens with zero attached hydrogens (tertiary/aromatic N) is 1. The van der Waals surface area contributed by atoms with E-state index in [0.717, 1.165) is 18.4 Å². The van der Waals surface area contributed by atoms with Crippen molar-refractivity contribution in [1.29, 1.82) is 0 Å². The molecule has 0 unspecified atom stereocenters. The van der Waals surface area contributed by atoms with E-state index in [2.05, 4.69) is 28.0 Å². The SMILES string of the molecule is Fc1ccc(CNC(=S)N/N=C2/C[C@H]3C=CC[C@H]23)cc1. The van der Waals surface area contributed by atoms with Crippen molar-refractivity contribution in [2.75, 3.05) is 0 Å². The predicted molar refractivity (Wildman–Crippen MR) is 81.8 cm³/mol. The highest BCUT2D eigenvalue weighted by Gasteiger charge is 2.37. The van der Waals surface area contributed by atoms with Crippen LogP contribution in [-0.2, 0) is 6.54 Å². The summed E-state index contributed by atoms with van der Waals surface area (Å²) in [5, 5.41) is 7.91. The van der Waals surface area contributed by atoms with E-state index >= 15 is 0 Å². The fourth-order valence-electron chi connectivity index (χ4n) is 2.61. The standard InChI is InChI=1S/C15H16FN3S/c16-12-6-4-10(5-7-12)9-17-15(20)19-18-14-8-11-2-1-3-13(11)14/h1-2,4-7,11,13H,3,8-9H2,(H2,17,19,20)/b18-14-/t11-,13+/m1/s1. The summed E-state index contributed by atoms with van der Waals surface area (Å²) in [5.41, 5.74) is 5.06. The number of thiocarbonyl (C=S) groups is 1. The lowest BCUT2D eigenvalue weighted by atomic mass is 9.74. The normalized spacial score (nSPS) is 25.1. The van der Waals surface area contributed by atoms with Crippen molar-refractivity contribution in [3.05, 3.63) is 47.8 Å². The van der Waals surface area contributed by atoms with E-state index in [-0.39, 0.29) is 5.82 Å². The van der Waals surface area contributed by atoms with Gasteiger partial charge in [0.15, 0.2) is 5.11 Å². The van der Waals surface area contributed by atoms with E-state index in [1.165, 1.54) is 17.8 Å². The number of hydrogen-bond acceptors (Lipinski definition) is 2. The average molecular weight is 289 g/mol. The number of hydrazone groups is 1. The summed E-state index contributed by atoms with van der Waals surface area (Å²) in [6.07, 6.45) is 6.63. The fraction of sp³-hybridized carbons (Fsp3) is 0.333. The summed E-state index contributed by atoms with van der Waals surface area (Å²) >= 11 is 5.17. The lowest BCUT2D eigenvalue weighted by Gasteiger charge is -2.31. The maximum Gasteiger partial charge on any atom is 0.187 e. The molecule has 0 aliphatic heterocycles. The molecule has 2 atom stereocenters. The first kappa shape index (κ1) is 13.2. The molecule has 1 aromatic carbocycles. The van der Waals surface area contributed by atoms with Gasteiger partial charge in [0.2, 0.25) is 0 Å². The molecule has 0 radical (unpaired) electrons. The molecular formula is C15H16FN3S. The Hall–Kier alpha value is -1.75. The second kappa shape index (κ2) is 5.71. The van der Waals surface area contributed by atoms with Crippen LogP contribution >= 0.6 is 12.2 Å². The molecule has 3 nitrogen and oxygen atoms in total. The van der Waals surface area contributed by atoms with Crippen LogP contribution in [0.4, 0.5) is 4.39 Å². The minimum absolute atomic E-state index is 0.231. The number of benzene rings is 1. The van der Waals surface area contributed by atoms with E-state index < -0.39 is 0 Å². The molecule has 0 spiro atoms. The third-order valence-electron chi connectivity index (χ3n) is 3.83. The highest BCUT2D eigenvalue weighted by Crippen LogP contribution is 2.39. The Labute approximate surface area is 123 Å². The average Bonchev–Trinajstić information content (AvgIpc) is 2.80. The van der Waals surface area contributed by atoms with Crippen molar-refractivity contribution in [2.45, 2.75) is 19.4 Å². The Morgan fingerprint density at radius 1 is 1.35 bits per heavy atom. The van der Waals surface area contributed by atoms with Crippen LogP contribution in [-0.4, -0.2) is 10.8 Å². The van der Waals surface area contributed by atoms with Crippen LogP contribution in [0.5, 0.6) is 0 Å². The van der Waals surface area contributed by atoms with Crippen molar-refractivity contribution >= 4 is 23.0 Å². The van der Waals surface area contributed by atoms with E-state index in [1.54, 1.807) is 12.1 Å². The van der Waals surface area contributed by atoms with Crippen LogP contribution in [0.2, 0.25) is 0 Å². The molecular weight excluding hydrogens is 273 g/mol. The lowest BCUT2D eigenvalue weighted by molar-refractivity contribution is 0.463. The van der Waals surface area contributed by atoms with Crippen LogP contribution in [0.25, 0.3) is 0 Å². The number of allylic oxidation sites excluding steroid dienone is 2. The van der Waals surface area contributed by atoms with Gasteiger partial charge in [-0.1, -0.05) is 24.3 Å². The van der Waals surface area contributed by atoms with E-state index in [9.17, 15) is 4.39 Å². The first-order chi connectivity index (χ1) is 9.72. The molecule has 1 saturated carbocycles. The van der Waals surface area contributed by atoms with Crippen molar-refractivity contribution in [1.82, 2.24) is 10.7 Å². The molecule has 0 bridgehead atoms. The minimum atomic E-state index is -0.231. The second-order valence-electron chi connectivity index (χ2n) is 5.16. The third kappa shape index (κ3) is 2.88. The number of halogens is 1. The van der Waals surface area contributed by atoms with Crippen LogP contribution < -0.4 is 10.7 Å². The van der Waals surface area contributed by atoms with Gasteiger partial charge < -0.3 is 5.32 Å². The van der Waals surface area contributed by atoms with Gasteiger partial charge in [-0.2, -0.15) is 5.10 Å². The Morgan fingerprint density at radius 2 is 2.15 bits per heavy atom. The van der Waals surface area contributed by atoms with Gasteiger partial charge in [-0.25, -0.2) is 4.39 Å². The number of rotatable bonds is 3. The molecule has 5 heteroatoms. The molecule has 1 aromatic rings. The maximum atomic E-state index is 12.8. The van der Waals surface area contributed by atoms with Crippen molar-refractivity contribution < 1.29 is 4.39 Å². The topological polar surface area (TPSA) is 36.4 Å². The molecule has 3 rings (SSSR count). The molecule has 0 aromatic heterocycles. The Kier molecular flexibility index (Phi) is 3.78. The quantitative estimate of drug-likeness (QED) is 0.510. The zero-order chi connectivity index (χ0) is 13.9. The molecule has 104 valence electrons. The molecule has 2 aliphatic rings. The number of hydrogen-bond donors (Lipinski definition) is 2. The van der Waals surface area contributed by atoms with Crippen LogP contribution in [0, 0.1) is 17.7 Å². The maximum absolute atomic E-state index is 12.8. The number of nitrogens with one attached hydrogen (secondary N) is 2. The van der Waals surface area contributed by atoms with Crippen molar-refractivity contribution in [3.63, 3.8) is 0 Å². The Balaban J connectivity index is 1.44. The summed E-state index contributed by atoms with van der Waals surface area (Å²) < 4.78 is 12.8. The van der Waals surface area contributed by atoms with Crippen molar-refractivity contribution in [3.8, 4) is 0 Å². The largest absolute Gasteiger partial charge is 0.357 e. The highest BCUT2D eigenvalue weighted by atomic mass is 32.1. The molecule has 0 heterocycles. The van der Waals surface area contributed by atoms with Gasteiger partial charge >= 0.3 is 0 Å². The van der Waals surface area contributed by atoms with E-state index in [4.69, 9.17) is 12.2 Å². The minimum Gasteiger partial charge on any atom is -0.357 e. The van der Waals surface area contributed by atoms with Crippen LogP contribution in [0.15, 0.2) is 41.5 Å². The summed E-state index contributed by atoms with van der Waals surface area (Å²) in [7, 11) is 0. The lowest BCUT2D eigenvalue weighted by Crippen LogP contribution is -2.38. The summed E-state index contributed by atoms with van der Waals surface area (Å²) in [4.78, 5) is 0. The van der Waals surface area contributed by atoms with E-state index in [1.807, 2.05) is 0 Å². The molecule has 1 fully saturated rings. The molecule has 0 saturated heterocycles. The predicted octanol–water partition coefficient (Wildman–Crippen LogP) is 2.74. The monoisotopic (exact) mass is 289 g/mol.